The summed E-state index contributed by atoms with van der Waals surface area (Å²) in [5.74, 6) is 9.95. The van der Waals surface area contributed by atoms with Crippen molar-refractivity contribution in [2.45, 2.75) is 6.54 Å². The third-order valence-electron chi connectivity index (χ3n) is 5.45. The second kappa shape index (κ2) is 9.57. The van der Waals surface area contributed by atoms with Gasteiger partial charge in [0.1, 0.15) is 17.4 Å². The Bertz CT molecular complexity index is 1010. The van der Waals surface area contributed by atoms with Gasteiger partial charge in [0, 0.05) is 44.9 Å². The second-order valence-electron chi connectivity index (χ2n) is 7.14. The number of benzene rings is 2. The van der Waals surface area contributed by atoms with Crippen LogP contribution in [0.1, 0.15) is 11.4 Å². The van der Waals surface area contributed by atoms with E-state index >= 15 is 0 Å². The summed E-state index contributed by atoms with van der Waals surface area (Å²) in [6.45, 7) is 4.43. The molecule has 1 aliphatic rings. The van der Waals surface area contributed by atoms with Crippen LogP contribution in [0.25, 0.3) is 11.0 Å². The van der Waals surface area contributed by atoms with Crippen molar-refractivity contribution < 1.29 is 4.74 Å². The summed E-state index contributed by atoms with van der Waals surface area (Å²) in [5.41, 5.74) is 9.72. The number of ether oxygens (including phenoxy) is 1. The summed E-state index contributed by atoms with van der Waals surface area (Å²) in [4.78, 5) is 9.49. The van der Waals surface area contributed by atoms with E-state index in [1.807, 2.05) is 30.3 Å². The lowest BCUT2D eigenvalue weighted by Crippen LogP contribution is -2.46. The zero-order valence-electron chi connectivity index (χ0n) is 17.5. The molecular formula is C21H30N8O. The SMILES string of the molecule is COc1ccc(C(=N)N)c(N2CCN(Cc3nc4ccccc4n3C)CC2)c1.NN. The van der Waals surface area contributed by atoms with Crippen molar-refractivity contribution in [1.29, 1.82) is 5.41 Å². The van der Waals surface area contributed by atoms with Crippen molar-refractivity contribution in [2.24, 2.45) is 24.5 Å². The Balaban J connectivity index is 0.00000124. The monoisotopic (exact) mass is 410 g/mol. The number of hydrazine groups is 1. The van der Waals surface area contributed by atoms with E-state index in [4.69, 9.17) is 20.9 Å². The first-order valence-electron chi connectivity index (χ1n) is 9.80. The van der Waals surface area contributed by atoms with Crippen LogP contribution in [-0.4, -0.2) is 53.6 Å². The molecule has 2 heterocycles. The molecule has 0 atom stereocenters. The van der Waals surface area contributed by atoms with Gasteiger partial charge in [0.25, 0.3) is 0 Å². The normalized spacial score (nSPS) is 14.3. The third-order valence-corrected chi connectivity index (χ3v) is 5.45. The fourth-order valence-corrected chi connectivity index (χ4v) is 3.81. The van der Waals surface area contributed by atoms with Gasteiger partial charge in [-0.1, -0.05) is 12.1 Å². The average molecular weight is 411 g/mol. The third kappa shape index (κ3) is 4.38. The number of aromatic nitrogens is 2. The highest BCUT2D eigenvalue weighted by molar-refractivity contribution is 6.00. The minimum Gasteiger partial charge on any atom is -0.497 e. The van der Waals surface area contributed by atoms with Gasteiger partial charge in [-0.25, -0.2) is 4.98 Å². The van der Waals surface area contributed by atoms with Gasteiger partial charge in [0.05, 0.1) is 30.4 Å². The van der Waals surface area contributed by atoms with Crippen LogP contribution < -0.4 is 27.1 Å². The molecule has 1 aliphatic heterocycles. The fraction of sp³-hybridized carbons (Fsp3) is 0.333. The van der Waals surface area contributed by atoms with E-state index in [0.29, 0.717) is 0 Å². The van der Waals surface area contributed by atoms with Crippen molar-refractivity contribution in [1.82, 2.24) is 14.5 Å². The predicted molar refractivity (Wildman–Crippen MR) is 121 cm³/mol. The number of para-hydroxylation sites is 2. The van der Waals surface area contributed by atoms with Crippen LogP contribution >= 0.6 is 0 Å². The van der Waals surface area contributed by atoms with Crippen molar-refractivity contribution in [3.63, 3.8) is 0 Å². The molecule has 7 N–H and O–H groups in total. The minimum absolute atomic E-state index is 0.0831. The molecule has 1 aromatic heterocycles. The lowest BCUT2D eigenvalue weighted by Gasteiger charge is -2.36. The van der Waals surface area contributed by atoms with E-state index < -0.39 is 0 Å². The van der Waals surface area contributed by atoms with Gasteiger partial charge < -0.3 is 19.9 Å². The van der Waals surface area contributed by atoms with Crippen molar-refractivity contribution in [2.75, 3.05) is 38.2 Å². The summed E-state index contributed by atoms with van der Waals surface area (Å²) in [5, 5.41) is 7.88. The van der Waals surface area contributed by atoms with Crippen LogP contribution in [-0.2, 0) is 13.6 Å². The van der Waals surface area contributed by atoms with Gasteiger partial charge in [-0.3, -0.25) is 22.0 Å². The molecule has 0 unspecified atom stereocenters. The fourth-order valence-electron chi connectivity index (χ4n) is 3.81. The molecule has 0 saturated carbocycles. The molecule has 9 heteroatoms. The lowest BCUT2D eigenvalue weighted by atomic mass is 10.1. The van der Waals surface area contributed by atoms with Crippen LogP contribution in [0.15, 0.2) is 42.5 Å². The summed E-state index contributed by atoms with van der Waals surface area (Å²) in [6, 6.07) is 13.9. The van der Waals surface area contributed by atoms with Gasteiger partial charge in [-0.05, 0) is 24.3 Å². The Morgan fingerprint density at radius 1 is 1.10 bits per heavy atom. The zero-order chi connectivity index (χ0) is 21.7. The molecule has 0 amide bonds. The number of hydrogen-bond acceptors (Lipinski definition) is 7. The number of methoxy groups -OCH3 is 1. The van der Waals surface area contributed by atoms with E-state index in [9.17, 15) is 0 Å². The molecule has 3 aromatic rings. The summed E-state index contributed by atoms with van der Waals surface area (Å²) in [6.07, 6.45) is 0. The molecule has 160 valence electrons. The predicted octanol–water partition coefficient (Wildman–Crippen LogP) is 1.01. The van der Waals surface area contributed by atoms with Crippen LogP contribution in [0, 0.1) is 5.41 Å². The number of nitrogens with one attached hydrogen (secondary N) is 1. The van der Waals surface area contributed by atoms with Gasteiger partial charge in [-0.15, -0.1) is 0 Å². The van der Waals surface area contributed by atoms with Crippen LogP contribution in [0.3, 0.4) is 0 Å². The van der Waals surface area contributed by atoms with E-state index in [1.54, 1.807) is 7.11 Å². The summed E-state index contributed by atoms with van der Waals surface area (Å²) >= 11 is 0. The number of fused-ring (bicyclic) bond motifs is 1. The Hall–Kier alpha value is -3.14. The minimum atomic E-state index is 0.0831. The quantitative estimate of drug-likeness (QED) is 0.213. The number of imidazole rings is 1. The Morgan fingerprint density at radius 3 is 2.43 bits per heavy atom. The number of nitrogens with two attached hydrogens (primary N) is 3. The van der Waals surface area contributed by atoms with E-state index in [-0.39, 0.29) is 5.84 Å². The number of amidine groups is 1. The van der Waals surface area contributed by atoms with E-state index in [1.165, 1.54) is 5.52 Å². The van der Waals surface area contributed by atoms with Gasteiger partial charge in [-0.2, -0.15) is 0 Å². The smallest absolute Gasteiger partial charge is 0.124 e. The van der Waals surface area contributed by atoms with E-state index in [0.717, 1.165) is 61.1 Å². The molecule has 30 heavy (non-hydrogen) atoms. The Kier molecular flexibility index (Phi) is 6.88. The Labute approximate surface area is 176 Å². The van der Waals surface area contributed by atoms with E-state index in [2.05, 4.69) is 45.2 Å². The van der Waals surface area contributed by atoms with Gasteiger partial charge in [0.15, 0.2) is 0 Å². The molecule has 0 radical (unpaired) electrons. The maximum Gasteiger partial charge on any atom is 0.124 e. The highest BCUT2D eigenvalue weighted by Crippen LogP contribution is 2.27. The topological polar surface area (TPSA) is 135 Å². The molecule has 0 aliphatic carbocycles. The number of nitrogen functional groups attached to an aromatic ring is 1. The zero-order valence-corrected chi connectivity index (χ0v) is 17.5. The van der Waals surface area contributed by atoms with Crippen LogP contribution in [0.4, 0.5) is 5.69 Å². The first kappa shape index (κ1) is 21.6. The number of piperazine rings is 1. The van der Waals surface area contributed by atoms with Crippen molar-refractivity contribution in [3.8, 4) is 5.75 Å². The standard InChI is InChI=1S/C21H26N6O.H4N2/c1-25-18-6-4-3-5-17(18)24-20(25)14-26-9-11-27(12-10-26)19-13-15(28-2)7-8-16(19)21(22)23;1-2/h3-8,13H,9-12,14H2,1-2H3,(H3,22,23);1-2H2. The van der Waals surface area contributed by atoms with Crippen LogP contribution in [0.5, 0.6) is 5.75 Å². The molecule has 1 saturated heterocycles. The molecule has 0 bridgehead atoms. The van der Waals surface area contributed by atoms with Crippen molar-refractivity contribution >= 4 is 22.6 Å². The second-order valence-corrected chi connectivity index (χ2v) is 7.14. The molecule has 4 rings (SSSR count). The average Bonchev–Trinajstić information content (AvgIpc) is 3.10. The summed E-state index contributed by atoms with van der Waals surface area (Å²) in [7, 11) is 3.73. The number of anilines is 1. The van der Waals surface area contributed by atoms with Crippen molar-refractivity contribution in [3.05, 3.63) is 53.9 Å². The number of rotatable bonds is 5. The maximum atomic E-state index is 7.88. The number of aryl methyl sites for hydroxylation is 1. The van der Waals surface area contributed by atoms with Gasteiger partial charge in [0.2, 0.25) is 0 Å². The maximum absolute atomic E-state index is 7.88. The highest BCUT2D eigenvalue weighted by Gasteiger charge is 2.22. The first-order chi connectivity index (χ1) is 14.6. The largest absolute Gasteiger partial charge is 0.497 e. The summed E-state index contributed by atoms with van der Waals surface area (Å²) < 4.78 is 7.54. The molecule has 2 aromatic carbocycles. The molecule has 9 nitrogen and oxygen atoms in total. The van der Waals surface area contributed by atoms with Crippen LogP contribution in [0.2, 0.25) is 0 Å². The highest BCUT2D eigenvalue weighted by atomic mass is 16.5. The Morgan fingerprint density at radius 2 is 1.80 bits per heavy atom. The number of nitrogens with zero attached hydrogens (tertiary/aromatic N) is 4. The molecular weight excluding hydrogens is 380 g/mol. The van der Waals surface area contributed by atoms with Gasteiger partial charge >= 0.3 is 0 Å². The molecule has 1 fully saturated rings. The lowest BCUT2D eigenvalue weighted by molar-refractivity contribution is 0.242. The first-order valence-corrected chi connectivity index (χ1v) is 9.80. The number of hydrogen-bond donors (Lipinski definition) is 4. The molecule has 0 spiro atoms.